The Labute approximate surface area is 118 Å². The van der Waals surface area contributed by atoms with E-state index in [0.717, 1.165) is 19.0 Å². The van der Waals surface area contributed by atoms with Gasteiger partial charge in [-0.05, 0) is 25.3 Å². The van der Waals surface area contributed by atoms with Crippen LogP contribution >= 0.6 is 0 Å². The van der Waals surface area contributed by atoms with Crippen LogP contribution < -0.4 is 5.32 Å². The van der Waals surface area contributed by atoms with Crippen molar-refractivity contribution < 1.29 is 0 Å². The van der Waals surface area contributed by atoms with Crippen molar-refractivity contribution in [2.24, 2.45) is 5.92 Å². The minimum Gasteiger partial charge on any atom is -0.311 e. The van der Waals surface area contributed by atoms with Crippen molar-refractivity contribution in [2.45, 2.75) is 46.2 Å². The molecule has 0 spiro atoms. The van der Waals surface area contributed by atoms with Gasteiger partial charge < -0.3 is 5.32 Å². The molecule has 3 atom stereocenters. The van der Waals surface area contributed by atoms with Gasteiger partial charge in [-0.1, -0.05) is 50.1 Å². The zero-order valence-electron chi connectivity index (χ0n) is 12.8. The van der Waals surface area contributed by atoms with Crippen molar-refractivity contribution in [2.75, 3.05) is 19.6 Å². The summed E-state index contributed by atoms with van der Waals surface area (Å²) in [5.41, 5.74) is 2.78. The number of nitrogens with one attached hydrogen (secondary N) is 1. The third kappa shape index (κ3) is 3.58. The molecular formula is C17H28N2. The average molecular weight is 260 g/mol. The monoisotopic (exact) mass is 260 g/mol. The number of aryl methyl sites for hydroxylation is 1. The molecule has 3 unspecified atom stereocenters. The highest BCUT2D eigenvalue weighted by molar-refractivity contribution is 5.23. The minimum atomic E-state index is 0.522. The van der Waals surface area contributed by atoms with E-state index in [2.05, 4.69) is 62.2 Å². The first kappa shape index (κ1) is 14.5. The van der Waals surface area contributed by atoms with Crippen LogP contribution in [0.2, 0.25) is 0 Å². The number of hydrogen-bond donors (Lipinski definition) is 1. The Bertz CT molecular complexity index is 385. The summed E-state index contributed by atoms with van der Waals surface area (Å²) >= 11 is 0. The first-order valence-electron chi connectivity index (χ1n) is 7.65. The lowest BCUT2D eigenvalue weighted by molar-refractivity contribution is 0.130. The lowest BCUT2D eigenvalue weighted by Crippen LogP contribution is -2.53. The van der Waals surface area contributed by atoms with Crippen molar-refractivity contribution in [3.8, 4) is 0 Å². The van der Waals surface area contributed by atoms with Crippen LogP contribution in [0.3, 0.4) is 0 Å². The molecule has 1 aliphatic rings. The summed E-state index contributed by atoms with van der Waals surface area (Å²) < 4.78 is 0. The molecule has 1 saturated heterocycles. The standard InChI is InChI=1S/C17H28N2/c1-5-14(3)17-12-19(11-10-18-17)15(4)16-8-6-13(2)7-9-16/h6-9,14-15,17-18H,5,10-12H2,1-4H3. The first-order valence-corrected chi connectivity index (χ1v) is 7.65. The molecule has 0 aliphatic carbocycles. The van der Waals surface area contributed by atoms with Crippen molar-refractivity contribution in [1.82, 2.24) is 10.2 Å². The summed E-state index contributed by atoms with van der Waals surface area (Å²) in [6, 6.07) is 10.2. The summed E-state index contributed by atoms with van der Waals surface area (Å²) in [7, 11) is 0. The maximum absolute atomic E-state index is 3.67. The molecule has 1 aromatic carbocycles. The zero-order valence-corrected chi connectivity index (χ0v) is 12.8. The van der Waals surface area contributed by atoms with Crippen molar-refractivity contribution in [3.63, 3.8) is 0 Å². The van der Waals surface area contributed by atoms with Crippen LogP contribution in [-0.2, 0) is 0 Å². The van der Waals surface area contributed by atoms with E-state index in [1.54, 1.807) is 0 Å². The molecule has 0 saturated carbocycles. The van der Waals surface area contributed by atoms with Gasteiger partial charge in [0.1, 0.15) is 0 Å². The normalized spacial score (nSPS) is 24.1. The van der Waals surface area contributed by atoms with E-state index < -0.39 is 0 Å². The van der Waals surface area contributed by atoms with E-state index in [1.165, 1.54) is 24.1 Å². The number of rotatable bonds is 4. The largest absolute Gasteiger partial charge is 0.311 e. The van der Waals surface area contributed by atoms with Crippen LogP contribution in [0.1, 0.15) is 44.4 Å². The summed E-state index contributed by atoms with van der Waals surface area (Å²) in [5, 5.41) is 3.67. The van der Waals surface area contributed by atoms with Crippen LogP contribution in [-0.4, -0.2) is 30.6 Å². The van der Waals surface area contributed by atoms with Crippen LogP contribution in [0.15, 0.2) is 24.3 Å². The summed E-state index contributed by atoms with van der Waals surface area (Å²) in [4.78, 5) is 2.62. The van der Waals surface area contributed by atoms with Gasteiger partial charge in [0.15, 0.2) is 0 Å². The second-order valence-corrected chi connectivity index (χ2v) is 6.03. The topological polar surface area (TPSA) is 15.3 Å². The van der Waals surface area contributed by atoms with E-state index in [0.29, 0.717) is 12.1 Å². The lowest BCUT2D eigenvalue weighted by atomic mass is 9.95. The fourth-order valence-electron chi connectivity index (χ4n) is 2.88. The van der Waals surface area contributed by atoms with Crippen LogP contribution in [0.5, 0.6) is 0 Å². The molecule has 0 radical (unpaired) electrons. The smallest absolute Gasteiger partial charge is 0.0321 e. The van der Waals surface area contributed by atoms with Crippen LogP contribution in [0.4, 0.5) is 0 Å². The number of nitrogens with zero attached hydrogens (tertiary/aromatic N) is 1. The SMILES string of the molecule is CCC(C)C1CN(C(C)c2ccc(C)cc2)CCN1. The summed E-state index contributed by atoms with van der Waals surface area (Å²) in [5.74, 6) is 0.757. The molecule has 0 bridgehead atoms. The highest BCUT2D eigenvalue weighted by Gasteiger charge is 2.26. The predicted octanol–water partition coefficient (Wildman–Crippen LogP) is 3.38. The molecule has 2 rings (SSSR count). The molecule has 1 aliphatic heterocycles. The predicted molar refractivity (Wildman–Crippen MR) is 82.4 cm³/mol. The van der Waals surface area contributed by atoms with E-state index in [-0.39, 0.29) is 0 Å². The molecule has 0 aromatic heterocycles. The van der Waals surface area contributed by atoms with Gasteiger partial charge >= 0.3 is 0 Å². The molecule has 1 aromatic rings. The van der Waals surface area contributed by atoms with E-state index in [1.807, 2.05) is 0 Å². The maximum atomic E-state index is 3.67. The van der Waals surface area contributed by atoms with Crippen LogP contribution in [0.25, 0.3) is 0 Å². The molecule has 19 heavy (non-hydrogen) atoms. The zero-order chi connectivity index (χ0) is 13.8. The first-order chi connectivity index (χ1) is 9.11. The van der Waals surface area contributed by atoms with Gasteiger partial charge in [-0.15, -0.1) is 0 Å². The van der Waals surface area contributed by atoms with E-state index in [9.17, 15) is 0 Å². The summed E-state index contributed by atoms with van der Waals surface area (Å²) in [6.45, 7) is 12.6. The second kappa shape index (κ2) is 6.53. The Hall–Kier alpha value is -0.860. The molecule has 106 valence electrons. The number of benzene rings is 1. The molecule has 1 heterocycles. The Morgan fingerprint density at radius 1 is 1.26 bits per heavy atom. The maximum Gasteiger partial charge on any atom is 0.0321 e. The van der Waals surface area contributed by atoms with Gasteiger partial charge in [0, 0.05) is 31.7 Å². The quantitative estimate of drug-likeness (QED) is 0.893. The summed E-state index contributed by atoms with van der Waals surface area (Å²) in [6.07, 6.45) is 1.25. The van der Waals surface area contributed by atoms with Crippen molar-refractivity contribution in [3.05, 3.63) is 35.4 Å². The molecule has 1 N–H and O–H groups in total. The van der Waals surface area contributed by atoms with Gasteiger partial charge in [0.2, 0.25) is 0 Å². The average Bonchev–Trinajstić information content (AvgIpc) is 2.46. The van der Waals surface area contributed by atoms with E-state index >= 15 is 0 Å². The minimum absolute atomic E-state index is 0.522. The van der Waals surface area contributed by atoms with Gasteiger partial charge in [-0.25, -0.2) is 0 Å². The van der Waals surface area contributed by atoms with Gasteiger partial charge in [0.25, 0.3) is 0 Å². The molecule has 0 amide bonds. The highest BCUT2D eigenvalue weighted by atomic mass is 15.2. The third-order valence-corrected chi connectivity index (χ3v) is 4.68. The van der Waals surface area contributed by atoms with Crippen LogP contribution in [0, 0.1) is 12.8 Å². The third-order valence-electron chi connectivity index (χ3n) is 4.68. The van der Waals surface area contributed by atoms with Crippen molar-refractivity contribution >= 4 is 0 Å². The van der Waals surface area contributed by atoms with Gasteiger partial charge in [-0.2, -0.15) is 0 Å². The number of hydrogen-bond acceptors (Lipinski definition) is 2. The Kier molecular flexibility index (Phi) is 5.00. The fourth-order valence-corrected chi connectivity index (χ4v) is 2.88. The molecular weight excluding hydrogens is 232 g/mol. The van der Waals surface area contributed by atoms with Gasteiger partial charge in [0.05, 0.1) is 0 Å². The second-order valence-electron chi connectivity index (χ2n) is 6.03. The Balaban J connectivity index is 2.02. The lowest BCUT2D eigenvalue weighted by Gasteiger charge is -2.40. The molecule has 1 fully saturated rings. The fraction of sp³-hybridized carbons (Fsp3) is 0.647. The van der Waals surface area contributed by atoms with Crippen molar-refractivity contribution in [1.29, 1.82) is 0 Å². The number of piperazine rings is 1. The Morgan fingerprint density at radius 2 is 1.95 bits per heavy atom. The molecule has 2 heteroatoms. The van der Waals surface area contributed by atoms with Gasteiger partial charge in [-0.3, -0.25) is 4.90 Å². The molecule has 2 nitrogen and oxygen atoms in total. The Morgan fingerprint density at radius 3 is 2.58 bits per heavy atom. The van der Waals surface area contributed by atoms with E-state index in [4.69, 9.17) is 0 Å². The highest BCUT2D eigenvalue weighted by Crippen LogP contribution is 2.23.